The second-order valence-corrected chi connectivity index (χ2v) is 5.61. The zero-order valence-electron chi connectivity index (χ0n) is 11.0. The minimum absolute atomic E-state index is 0.0283. The number of methoxy groups -OCH3 is 1. The van der Waals surface area contributed by atoms with Gasteiger partial charge in [-0.15, -0.1) is 0 Å². The van der Waals surface area contributed by atoms with Crippen molar-refractivity contribution >= 4 is 5.97 Å². The van der Waals surface area contributed by atoms with E-state index in [0.29, 0.717) is 6.42 Å². The van der Waals surface area contributed by atoms with E-state index in [0.717, 1.165) is 12.8 Å². The summed E-state index contributed by atoms with van der Waals surface area (Å²) < 4.78 is 16.3. The fraction of sp³-hybridized carbons (Fsp3) is 0.923. The highest BCUT2D eigenvalue weighted by atomic mass is 16.7. The van der Waals surface area contributed by atoms with E-state index in [9.17, 15) is 4.79 Å². The molecule has 0 bridgehead atoms. The Kier molecular flexibility index (Phi) is 3.46. The molecule has 0 amide bonds. The predicted molar refractivity (Wildman–Crippen MR) is 62.4 cm³/mol. The first-order chi connectivity index (χ1) is 8.02. The van der Waals surface area contributed by atoms with Gasteiger partial charge in [-0.2, -0.15) is 0 Å². The standard InChI is InChI=1S/C13H22O4/c1-12(2)13(6-4-5-7-13)10(16-9-15-3)8-11(14)17-12/h10H,4-9H2,1-3H3. The molecule has 0 aromatic carbocycles. The van der Waals surface area contributed by atoms with Crippen LogP contribution in [0.3, 0.4) is 0 Å². The summed E-state index contributed by atoms with van der Waals surface area (Å²) >= 11 is 0. The van der Waals surface area contributed by atoms with Crippen LogP contribution < -0.4 is 0 Å². The second-order valence-electron chi connectivity index (χ2n) is 5.61. The maximum atomic E-state index is 11.6. The van der Waals surface area contributed by atoms with Gasteiger partial charge in [0.05, 0.1) is 12.5 Å². The average Bonchev–Trinajstić information content (AvgIpc) is 2.72. The first kappa shape index (κ1) is 12.8. The van der Waals surface area contributed by atoms with Gasteiger partial charge in [-0.05, 0) is 26.7 Å². The number of cyclic esters (lactones) is 1. The van der Waals surface area contributed by atoms with E-state index in [-0.39, 0.29) is 24.3 Å². The van der Waals surface area contributed by atoms with Gasteiger partial charge in [0.2, 0.25) is 0 Å². The minimum Gasteiger partial charge on any atom is -0.459 e. The molecule has 1 saturated heterocycles. The number of rotatable bonds is 3. The second kappa shape index (κ2) is 4.58. The molecule has 4 heteroatoms. The van der Waals surface area contributed by atoms with E-state index in [1.54, 1.807) is 7.11 Å². The third kappa shape index (κ3) is 2.08. The number of carbonyl (C=O) groups is 1. The molecule has 0 aromatic rings. The molecule has 2 fully saturated rings. The van der Waals surface area contributed by atoms with Crippen molar-refractivity contribution in [2.24, 2.45) is 5.41 Å². The van der Waals surface area contributed by atoms with Crippen molar-refractivity contribution in [1.82, 2.24) is 0 Å². The van der Waals surface area contributed by atoms with Crippen LogP contribution in [0, 0.1) is 5.41 Å². The van der Waals surface area contributed by atoms with Crippen LogP contribution in [0.5, 0.6) is 0 Å². The zero-order valence-corrected chi connectivity index (χ0v) is 11.0. The molecule has 1 saturated carbocycles. The van der Waals surface area contributed by atoms with Crippen LogP contribution in [0.15, 0.2) is 0 Å². The molecule has 1 aliphatic carbocycles. The maximum absolute atomic E-state index is 11.6. The Labute approximate surface area is 103 Å². The van der Waals surface area contributed by atoms with Gasteiger partial charge >= 0.3 is 5.97 Å². The Morgan fingerprint density at radius 3 is 2.59 bits per heavy atom. The lowest BCUT2D eigenvalue weighted by atomic mass is 9.65. The van der Waals surface area contributed by atoms with E-state index in [4.69, 9.17) is 14.2 Å². The van der Waals surface area contributed by atoms with Gasteiger partial charge in [0.25, 0.3) is 0 Å². The van der Waals surface area contributed by atoms with E-state index >= 15 is 0 Å². The highest BCUT2D eigenvalue weighted by Gasteiger charge is 2.58. The van der Waals surface area contributed by atoms with Crippen LogP contribution in [0.4, 0.5) is 0 Å². The number of hydrogen-bond acceptors (Lipinski definition) is 4. The van der Waals surface area contributed by atoms with Crippen LogP contribution in [0.2, 0.25) is 0 Å². The number of hydrogen-bond donors (Lipinski definition) is 0. The van der Waals surface area contributed by atoms with Crippen molar-refractivity contribution in [3.8, 4) is 0 Å². The molecular formula is C13H22O4. The monoisotopic (exact) mass is 242 g/mol. The van der Waals surface area contributed by atoms with E-state index in [2.05, 4.69) is 0 Å². The zero-order chi connectivity index (χ0) is 12.5. The molecule has 1 aliphatic heterocycles. The Morgan fingerprint density at radius 2 is 2.00 bits per heavy atom. The molecule has 2 rings (SSSR count). The molecule has 0 aromatic heterocycles. The molecule has 17 heavy (non-hydrogen) atoms. The molecule has 4 nitrogen and oxygen atoms in total. The summed E-state index contributed by atoms with van der Waals surface area (Å²) in [5.41, 5.74) is -0.462. The van der Waals surface area contributed by atoms with Crippen LogP contribution >= 0.6 is 0 Å². The minimum atomic E-state index is -0.433. The normalized spacial score (nSPS) is 30.5. The Balaban J connectivity index is 2.23. The third-order valence-corrected chi connectivity index (χ3v) is 4.42. The van der Waals surface area contributed by atoms with Gasteiger partial charge in [-0.1, -0.05) is 12.8 Å². The fourth-order valence-corrected chi connectivity index (χ4v) is 3.46. The molecule has 2 aliphatic rings. The third-order valence-electron chi connectivity index (χ3n) is 4.42. The van der Waals surface area contributed by atoms with E-state index < -0.39 is 5.60 Å². The lowest BCUT2D eigenvalue weighted by Gasteiger charge is -2.51. The lowest BCUT2D eigenvalue weighted by Crippen LogP contribution is -2.58. The SMILES string of the molecule is COCOC1CC(=O)OC(C)(C)C12CCCC2. The quantitative estimate of drug-likeness (QED) is 0.562. The van der Waals surface area contributed by atoms with E-state index in [1.807, 2.05) is 13.8 Å². The van der Waals surface area contributed by atoms with Crippen molar-refractivity contribution < 1.29 is 19.0 Å². The van der Waals surface area contributed by atoms with Crippen molar-refractivity contribution in [2.45, 2.75) is 57.7 Å². The summed E-state index contributed by atoms with van der Waals surface area (Å²) in [5.74, 6) is -0.159. The summed E-state index contributed by atoms with van der Waals surface area (Å²) in [5, 5.41) is 0. The van der Waals surface area contributed by atoms with Crippen molar-refractivity contribution in [3.05, 3.63) is 0 Å². The van der Waals surface area contributed by atoms with Gasteiger partial charge in [0.15, 0.2) is 0 Å². The summed E-state index contributed by atoms with van der Waals surface area (Å²) in [6.45, 7) is 4.27. The van der Waals surface area contributed by atoms with Crippen LogP contribution in [-0.2, 0) is 19.0 Å². The topological polar surface area (TPSA) is 44.8 Å². The molecule has 98 valence electrons. The largest absolute Gasteiger partial charge is 0.459 e. The first-order valence-corrected chi connectivity index (χ1v) is 6.34. The molecule has 1 unspecified atom stereocenters. The van der Waals surface area contributed by atoms with Crippen molar-refractivity contribution in [1.29, 1.82) is 0 Å². The summed E-state index contributed by atoms with van der Waals surface area (Å²) in [4.78, 5) is 11.6. The van der Waals surface area contributed by atoms with Gasteiger partial charge in [0.1, 0.15) is 12.4 Å². The summed E-state index contributed by atoms with van der Waals surface area (Å²) in [6, 6.07) is 0. The van der Waals surface area contributed by atoms with E-state index in [1.165, 1.54) is 12.8 Å². The Morgan fingerprint density at radius 1 is 1.35 bits per heavy atom. The average molecular weight is 242 g/mol. The molecule has 1 spiro atoms. The first-order valence-electron chi connectivity index (χ1n) is 6.34. The Bertz CT molecular complexity index is 292. The highest BCUT2D eigenvalue weighted by Crippen LogP contribution is 2.54. The van der Waals surface area contributed by atoms with Gasteiger partial charge in [-0.3, -0.25) is 4.79 Å². The lowest BCUT2D eigenvalue weighted by molar-refractivity contribution is -0.228. The molecule has 1 atom stereocenters. The predicted octanol–water partition coefficient (Wildman–Crippen LogP) is 2.26. The summed E-state index contributed by atoms with van der Waals surface area (Å²) in [7, 11) is 1.60. The van der Waals surface area contributed by atoms with Gasteiger partial charge < -0.3 is 14.2 Å². The molecule has 0 N–H and O–H groups in total. The Hall–Kier alpha value is -0.610. The van der Waals surface area contributed by atoms with Gasteiger partial charge in [-0.25, -0.2) is 0 Å². The molecule has 0 radical (unpaired) electrons. The number of ether oxygens (including phenoxy) is 3. The van der Waals surface area contributed by atoms with Crippen molar-refractivity contribution in [2.75, 3.05) is 13.9 Å². The van der Waals surface area contributed by atoms with Crippen molar-refractivity contribution in [3.63, 3.8) is 0 Å². The van der Waals surface area contributed by atoms with Crippen LogP contribution in [0.25, 0.3) is 0 Å². The highest BCUT2D eigenvalue weighted by molar-refractivity contribution is 5.72. The smallest absolute Gasteiger partial charge is 0.309 e. The number of carbonyl (C=O) groups excluding carboxylic acids is 1. The van der Waals surface area contributed by atoms with Crippen LogP contribution in [-0.4, -0.2) is 31.6 Å². The van der Waals surface area contributed by atoms with Crippen LogP contribution in [0.1, 0.15) is 46.0 Å². The number of esters is 1. The summed E-state index contributed by atoms with van der Waals surface area (Å²) in [6.07, 6.45) is 4.80. The molecule has 1 heterocycles. The maximum Gasteiger partial charge on any atom is 0.309 e. The molecular weight excluding hydrogens is 220 g/mol. The van der Waals surface area contributed by atoms with Gasteiger partial charge in [0, 0.05) is 12.5 Å². The fourth-order valence-electron chi connectivity index (χ4n) is 3.46.